The van der Waals surface area contributed by atoms with E-state index in [1.54, 1.807) is 0 Å². The van der Waals surface area contributed by atoms with E-state index in [2.05, 4.69) is 20.9 Å². The molecule has 0 atom stereocenters. The highest BCUT2D eigenvalue weighted by Crippen LogP contribution is 2.13. The molecule has 4 heteroatoms. The molecule has 0 saturated carbocycles. The molecule has 1 rings (SSSR count). The van der Waals surface area contributed by atoms with Crippen LogP contribution in [-0.2, 0) is 0 Å². The van der Waals surface area contributed by atoms with Crippen molar-refractivity contribution in [2.75, 3.05) is 0 Å². The van der Waals surface area contributed by atoms with Crippen LogP contribution in [0.4, 0.5) is 8.78 Å². The predicted octanol–water partition coefficient (Wildman–Crippen LogP) is 2.88. The minimum atomic E-state index is -0.643. The van der Waals surface area contributed by atoms with E-state index in [9.17, 15) is 8.78 Å². The maximum absolute atomic E-state index is 12.7. The predicted molar refractivity (Wildman–Crippen MR) is 42.2 cm³/mol. The van der Waals surface area contributed by atoms with Crippen LogP contribution in [-0.4, -0.2) is 4.98 Å². The van der Waals surface area contributed by atoms with Crippen molar-refractivity contribution < 1.29 is 8.78 Å². The van der Waals surface area contributed by atoms with Gasteiger partial charge in [-0.15, -0.1) is 0 Å². The zero-order valence-corrected chi connectivity index (χ0v) is 6.98. The maximum Gasteiger partial charge on any atom is 0.167 e. The highest BCUT2D eigenvalue weighted by atomic mass is 79.9. The number of pyridine rings is 1. The van der Waals surface area contributed by atoms with E-state index in [0.29, 0.717) is 0 Å². The van der Waals surface area contributed by atoms with Crippen LogP contribution in [0, 0.1) is 5.82 Å². The van der Waals surface area contributed by atoms with E-state index in [4.69, 9.17) is 0 Å². The maximum atomic E-state index is 12.7. The van der Waals surface area contributed by atoms with Crippen molar-refractivity contribution in [3.8, 4) is 0 Å². The van der Waals surface area contributed by atoms with Crippen LogP contribution >= 0.6 is 15.9 Å². The average molecular weight is 220 g/mol. The van der Waals surface area contributed by atoms with Gasteiger partial charge in [0.05, 0.1) is 0 Å². The minimum Gasteiger partial charge on any atom is -0.254 e. The average Bonchev–Trinajstić information content (AvgIpc) is 1.93. The summed E-state index contributed by atoms with van der Waals surface area (Å²) in [4.78, 5) is 3.60. The van der Waals surface area contributed by atoms with Crippen molar-refractivity contribution in [1.29, 1.82) is 0 Å². The normalized spacial score (nSPS) is 11.7. The number of rotatable bonds is 1. The summed E-state index contributed by atoms with van der Waals surface area (Å²) in [7, 11) is 0. The third-order valence-corrected chi connectivity index (χ3v) is 1.26. The Morgan fingerprint density at radius 2 is 2.36 bits per heavy atom. The molecule has 11 heavy (non-hydrogen) atoms. The van der Waals surface area contributed by atoms with Gasteiger partial charge >= 0.3 is 0 Å². The molecule has 1 aromatic heterocycles. The molecular weight excluding hydrogens is 216 g/mol. The molecule has 1 aromatic rings. The summed E-state index contributed by atoms with van der Waals surface area (Å²) in [6.07, 6.45) is 2.36. The first-order valence-corrected chi connectivity index (χ1v) is 3.62. The lowest BCUT2D eigenvalue weighted by Crippen LogP contribution is -1.84. The van der Waals surface area contributed by atoms with Crippen LogP contribution in [0.25, 0.3) is 6.08 Å². The summed E-state index contributed by atoms with van der Waals surface area (Å²) in [5.41, 5.74) is -0.0122. The van der Waals surface area contributed by atoms with E-state index in [0.717, 1.165) is 6.08 Å². The summed E-state index contributed by atoms with van der Waals surface area (Å²) in [5, 5.41) is 0. The molecule has 0 aliphatic heterocycles. The van der Waals surface area contributed by atoms with Gasteiger partial charge in [0.15, 0.2) is 4.74 Å². The molecule has 0 bridgehead atoms. The summed E-state index contributed by atoms with van der Waals surface area (Å²) in [5.74, 6) is -0.540. The van der Waals surface area contributed by atoms with Gasteiger partial charge in [-0.1, -0.05) is 0 Å². The smallest absolute Gasteiger partial charge is 0.167 e. The lowest BCUT2D eigenvalue weighted by Gasteiger charge is -1.92. The van der Waals surface area contributed by atoms with Crippen LogP contribution in [0.2, 0.25) is 0 Å². The van der Waals surface area contributed by atoms with Gasteiger partial charge in [-0.05, 0) is 28.1 Å². The molecule has 0 saturated heterocycles. The van der Waals surface area contributed by atoms with Crippen LogP contribution in [0.1, 0.15) is 5.69 Å². The molecular formula is C7H4BrF2N. The van der Waals surface area contributed by atoms with Crippen LogP contribution < -0.4 is 0 Å². The molecule has 0 aromatic carbocycles. The van der Waals surface area contributed by atoms with Crippen LogP contribution in [0.15, 0.2) is 23.1 Å². The Hall–Kier alpha value is -0.770. The van der Waals surface area contributed by atoms with Crippen molar-refractivity contribution in [3.05, 3.63) is 34.6 Å². The first-order chi connectivity index (χ1) is 5.20. The van der Waals surface area contributed by atoms with Crippen molar-refractivity contribution in [3.63, 3.8) is 0 Å². The third-order valence-electron chi connectivity index (χ3n) is 1.03. The molecule has 0 spiro atoms. The Balaban J connectivity index is 3.04. The van der Waals surface area contributed by atoms with Gasteiger partial charge in [-0.3, -0.25) is 4.98 Å². The van der Waals surface area contributed by atoms with Gasteiger partial charge in [-0.25, -0.2) is 4.39 Å². The molecule has 0 aliphatic carbocycles. The zero-order valence-electron chi connectivity index (χ0n) is 5.39. The Morgan fingerprint density at radius 3 is 2.91 bits per heavy atom. The van der Waals surface area contributed by atoms with Crippen molar-refractivity contribution in [2.24, 2.45) is 0 Å². The molecule has 1 nitrogen and oxygen atoms in total. The highest BCUT2D eigenvalue weighted by molar-refractivity contribution is 9.11. The molecule has 0 aliphatic rings. The van der Waals surface area contributed by atoms with E-state index in [1.807, 2.05) is 0 Å². The molecule has 0 N–H and O–H groups in total. The topological polar surface area (TPSA) is 12.9 Å². The van der Waals surface area contributed by atoms with E-state index in [-0.39, 0.29) is 5.69 Å². The summed E-state index contributed by atoms with van der Waals surface area (Å²) >= 11 is 2.53. The lowest BCUT2D eigenvalue weighted by molar-refractivity contribution is 0.616. The van der Waals surface area contributed by atoms with Gasteiger partial charge in [-0.2, -0.15) is 4.39 Å². The van der Waals surface area contributed by atoms with Crippen molar-refractivity contribution in [2.45, 2.75) is 0 Å². The third kappa shape index (κ3) is 2.38. The van der Waals surface area contributed by atoms with Gasteiger partial charge < -0.3 is 0 Å². The number of nitrogens with zero attached hydrogens (tertiary/aromatic N) is 1. The quantitative estimate of drug-likeness (QED) is 0.708. The lowest BCUT2D eigenvalue weighted by atomic mass is 10.3. The fourth-order valence-corrected chi connectivity index (χ4v) is 0.824. The first-order valence-electron chi connectivity index (χ1n) is 2.83. The molecule has 0 amide bonds. The number of hydrogen-bond acceptors (Lipinski definition) is 1. The largest absolute Gasteiger partial charge is 0.254 e. The van der Waals surface area contributed by atoms with E-state index < -0.39 is 10.6 Å². The first kappa shape index (κ1) is 8.33. The van der Waals surface area contributed by atoms with Gasteiger partial charge in [0.2, 0.25) is 0 Å². The fraction of sp³-hybridized carbons (Fsp3) is 0. The van der Waals surface area contributed by atoms with Gasteiger partial charge in [0.1, 0.15) is 11.5 Å². The number of hydrogen-bond donors (Lipinski definition) is 0. The standard InChI is InChI=1S/C7H4BrF2N/c8-7(10)4-6-5(9)2-1-3-11-6/h1-4H. The van der Waals surface area contributed by atoms with Crippen molar-refractivity contribution in [1.82, 2.24) is 4.98 Å². The summed E-state index contributed by atoms with van der Waals surface area (Å²) in [6, 6.07) is 2.66. The zero-order chi connectivity index (χ0) is 8.27. The second-order valence-electron chi connectivity index (χ2n) is 1.80. The Labute approximate surface area is 70.9 Å². The number of halogens is 3. The molecule has 1 heterocycles. The Morgan fingerprint density at radius 1 is 1.64 bits per heavy atom. The molecule has 0 radical (unpaired) electrons. The molecule has 0 unspecified atom stereocenters. The SMILES string of the molecule is FC(Br)=Cc1ncccc1F. The highest BCUT2D eigenvalue weighted by Gasteiger charge is 1.98. The summed E-state index contributed by atoms with van der Waals surface area (Å²) in [6.45, 7) is 0. The van der Waals surface area contributed by atoms with Crippen LogP contribution in [0.3, 0.4) is 0 Å². The summed E-state index contributed by atoms with van der Waals surface area (Å²) < 4.78 is 24.2. The number of aromatic nitrogens is 1. The van der Waals surface area contributed by atoms with E-state index in [1.165, 1.54) is 18.3 Å². The Bertz CT molecular complexity index is 282. The second-order valence-corrected chi connectivity index (χ2v) is 2.56. The van der Waals surface area contributed by atoms with Crippen LogP contribution in [0.5, 0.6) is 0 Å². The van der Waals surface area contributed by atoms with E-state index >= 15 is 0 Å². The van der Waals surface area contributed by atoms with Gasteiger partial charge in [0.25, 0.3) is 0 Å². The second kappa shape index (κ2) is 3.57. The molecule has 0 fully saturated rings. The van der Waals surface area contributed by atoms with Gasteiger partial charge in [0, 0.05) is 12.3 Å². The molecule has 58 valence electrons. The Kier molecular flexibility index (Phi) is 2.70. The van der Waals surface area contributed by atoms with Crippen molar-refractivity contribution >= 4 is 22.0 Å². The minimum absolute atomic E-state index is 0.0122. The fourth-order valence-electron chi connectivity index (χ4n) is 0.607. The monoisotopic (exact) mass is 219 g/mol.